The Morgan fingerprint density at radius 3 is 2.45 bits per heavy atom. The lowest BCUT2D eigenvalue weighted by molar-refractivity contribution is -0.152. The van der Waals surface area contributed by atoms with E-state index in [0.29, 0.717) is 33.7 Å². The third-order valence-electron chi connectivity index (χ3n) is 6.24. The summed E-state index contributed by atoms with van der Waals surface area (Å²) in [5, 5.41) is 0.930. The van der Waals surface area contributed by atoms with Crippen LogP contribution >= 0.6 is 23.2 Å². The van der Waals surface area contributed by atoms with Gasteiger partial charge in [0, 0.05) is 23.1 Å². The molecule has 0 unspecified atom stereocenters. The van der Waals surface area contributed by atoms with Gasteiger partial charge in [-0.25, -0.2) is 0 Å². The summed E-state index contributed by atoms with van der Waals surface area (Å²) >= 11 is 12.3. The minimum absolute atomic E-state index is 0.00323. The molecule has 3 aromatic carbocycles. The fourth-order valence-corrected chi connectivity index (χ4v) is 4.93. The van der Waals surface area contributed by atoms with Gasteiger partial charge in [0.2, 0.25) is 11.2 Å². The second kappa shape index (κ2) is 10.1. The molecule has 0 saturated heterocycles. The van der Waals surface area contributed by atoms with Gasteiger partial charge in [-0.3, -0.25) is 9.69 Å². The maximum atomic E-state index is 14.3. The number of alkyl halides is 3. The Labute approximate surface area is 225 Å². The van der Waals surface area contributed by atoms with Crippen LogP contribution in [-0.4, -0.2) is 25.9 Å². The highest BCUT2D eigenvalue weighted by atomic mass is 35.5. The maximum absolute atomic E-state index is 14.3. The standard InChI is InChI=1S/C27H20Cl2F3NO5/c1-35-21-7-4-14(9-22(21)36-2)23-24(34)17-6-8-20-18(25(17)38-26(23)27(30,31)32)12-33(13-37-20)11-15-3-5-16(28)10-19(15)29/h3-10H,11-13H2,1-2H3. The van der Waals surface area contributed by atoms with Gasteiger partial charge in [0.25, 0.3) is 0 Å². The lowest BCUT2D eigenvalue weighted by atomic mass is 9.99. The van der Waals surface area contributed by atoms with Gasteiger partial charge in [-0.15, -0.1) is 0 Å². The molecule has 1 aromatic heterocycles. The van der Waals surface area contributed by atoms with Crippen molar-refractivity contribution in [3.63, 3.8) is 0 Å². The third-order valence-corrected chi connectivity index (χ3v) is 6.83. The van der Waals surface area contributed by atoms with E-state index in [2.05, 4.69) is 0 Å². The summed E-state index contributed by atoms with van der Waals surface area (Å²) in [6.45, 7) is 0.672. The molecule has 198 valence electrons. The van der Waals surface area contributed by atoms with E-state index >= 15 is 0 Å². The van der Waals surface area contributed by atoms with E-state index in [0.717, 1.165) is 5.56 Å². The van der Waals surface area contributed by atoms with E-state index in [4.69, 9.17) is 41.8 Å². The van der Waals surface area contributed by atoms with Crippen LogP contribution in [0, 0.1) is 0 Å². The molecule has 0 amide bonds. The molecular weight excluding hydrogens is 546 g/mol. The first-order valence-electron chi connectivity index (χ1n) is 11.3. The Bertz CT molecular complexity index is 1600. The topological polar surface area (TPSA) is 61.1 Å². The van der Waals surface area contributed by atoms with Gasteiger partial charge in [0.1, 0.15) is 18.1 Å². The molecule has 0 N–H and O–H groups in total. The number of nitrogens with zero attached hydrogens (tertiary/aromatic N) is 1. The fourth-order valence-electron chi connectivity index (χ4n) is 4.46. The van der Waals surface area contributed by atoms with Crippen molar-refractivity contribution >= 4 is 34.2 Å². The summed E-state index contributed by atoms with van der Waals surface area (Å²) in [7, 11) is 2.75. The average Bonchev–Trinajstić information content (AvgIpc) is 2.89. The molecule has 0 aliphatic carbocycles. The molecule has 0 atom stereocenters. The smallest absolute Gasteiger partial charge is 0.450 e. The summed E-state index contributed by atoms with van der Waals surface area (Å²) in [6.07, 6.45) is -4.95. The van der Waals surface area contributed by atoms with E-state index in [-0.39, 0.29) is 35.6 Å². The minimum atomic E-state index is -4.95. The average molecular weight is 566 g/mol. The van der Waals surface area contributed by atoms with Crippen molar-refractivity contribution in [2.45, 2.75) is 19.3 Å². The first-order chi connectivity index (χ1) is 18.1. The molecule has 2 heterocycles. The molecule has 4 aromatic rings. The molecule has 6 nitrogen and oxygen atoms in total. The lowest BCUT2D eigenvalue weighted by Gasteiger charge is -2.29. The summed E-state index contributed by atoms with van der Waals surface area (Å²) in [5.74, 6) is -0.588. The molecule has 0 bridgehead atoms. The first-order valence-corrected chi connectivity index (χ1v) is 12.1. The maximum Gasteiger partial charge on any atom is 0.450 e. The van der Waals surface area contributed by atoms with Crippen LogP contribution in [0.15, 0.2) is 57.7 Å². The number of fused-ring (bicyclic) bond motifs is 3. The zero-order chi connectivity index (χ0) is 27.2. The summed E-state index contributed by atoms with van der Waals surface area (Å²) in [5.41, 5.74) is -0.551. The van der Waals surface area contributed by atoms with E-state index in [9.17, 15) is 18.0 Å². The predicted molar refractivity (Wildman–Crippen MR) is 137 cm³/mol. The number of hydrogen-bond acceptors (Lipinski definition) is 6. The number of methoxy groups -OCH3 is 2. The van der Waals surface area contributed by atoms with E-state index < -0.39 is 22.9 Å². The molecule has 5 rings (SSSR count). The van der Waals surface area contributed by atoms with Crippen molar-refractivity contribution in [3.05, 3.63) is 85.7 Å². The van der Waals surface area contributed by atoms with Gasteiger partial charge >= 0.3 is 6.18 Å². The molecule has 0 fully saturated rings. The first kappa shape index (κ1) is 26.2. The fraction of sp³-hybridized carbons (Fsp3) is 0.222. The van der Waals surface area contributed by atoms with Crippen LogP contribution in [0.5, 0.6) is 17.2 Å². The van der Waals surface area contributed by atoms with Crippen LogP contribution < -0.4 is 19.6 Å². The molecule has 38 heavy (non-hydrogen) atoms. The highest BCUT2D eigenvalue weighted by Crippen LogP contribution is 2.42. The number of halogens is 5. The number of ether oxygens (including phenoxy) is 3. The van der Waals surface area contributed by atoms with Crippen LogP contribution in [0.3, 0.4) is 0 Å². The second-order valence-corrected chi connectivity index (χ2v) is 9.46. The molecule has 0 saturated carbocycles. The molecule has 0 radical (unpaired) electrons. The highest BCUT2D eigenvalue weighted by Gasteiger charge is 2.40. The van der Waals surface area contributed by atoms with Gasteiger partial charge in [-0.1, -0.05) is 35.3 Å². The van der Waals surface area contributed by atoms with Crippen LogP contribution in [0.25, 0.3) is 22.1 Å². The molecule has 11 heteroatoms. The van der Waals surface area contributed by atoms with Crippen molar-refractivity contribution in [2.75, 3.05) is 21.0 Å². The van der Waals surface area contributed by atoms with E-state index in [1.807, 2.05) is 4.90 Å². The monoisotopic (exact) mass is 565 g/mol. The summed E-state index contributed by atoms with van der Waals surface area (Å²) < 4.78 is 64.6. The van der Waals surface area contributed by atoms with Crippen molar-refractivity contribution in [3.8, 4) is 28.4 Å². The Hall–Kier alpha value is -3.40. The minimum Gasteiger partial charge on any atom is -0.493 e. The Kier molecular flexibility index (Phi) is 6.94. The largest absolute Gasteiger partial charge is 0.493 e. The highest BCUT2D eigenvalue weighted by molar-refractivity contribution is 6.35. The van der Waals surface area contributed by atoms with Crippen LogP contribution in [0.2, 0.25) is 10.0 Å². The van der Waals surface area contributed by atoms with E-state index in [1.54, 1.807) is 24.3 Å². The Morgan fingerprint density at radius 2 is 1.76 bits per heavy atom. The SMILES string of the molecule is COc1ccc(-c2c(C(F)(F)F)oc3c4c(ccc3c2=O)OCN(Cc2ccc(Cl)cc2Cl)C4)cc1OC. The van der Waals surface area contributed by atoms with Gasteiger partial charge in [-0.05, 0) is 47.5 Å². The second-order valence-electron chi connectivity index (χ2n) is 8.62. The van der Waals surface area contributed by atoms with Crippen LogP contribution in [-0.2, 0) is 19.3 Å². The van der Waals surface area contributed by atoms with Gasteiger partial charge < -0.3 is 18.6 Å². The zero-order valence-electron chi connectivity index (χ0n) is 20.1. The molecule has 1 aliphatic rings. The Balaban J connectivity index is 1.64. The lowest BCUT2D eigenvalue weighted by Crippen LogP contribution is -2.32. The molecule has 1 aliphatic heterocycles. The van der Waals surface area contributed by atoms with Crippen molar-refractivity contribution in [2.24, 2.45) is 0 Å². The van der Waals surface area contributed by atoms with E-state index in [1.165, 1.54) is 38.5 Å². The Morgan fingerprint density at radius 1 is 1.00 bits per heavy atom. The number of rotatable bonds is 5. The van der Waals surface area contributed by atoms with Gasteiger partial charge in [0.15, 0.2) is 11.5 Å². The van der Waals surface area contributed by atoms with Crippen LogP contribution in [0.1, 0.15) is 16.9 Å². The third kappa shape index (κ3) is 4.77. The van der Waals surface area contributed by atoms with Crippen molar-refractivity contribution < 1.29 is 31.8 Å². The molecule has 0 spiro atoms. The molecular formula is C27H20Cl2F3NO5. The number of hydrogen-bond donors (Lipinski definition) is 0. The predicted octanol–water partition coefficient (Wildman–Crippen LogP) is 7.15. The zero-order valence-corrected chi connectivity index (χ0v) is 21.6. The summed E-state index contributed by atoms with van der Waals surface area (Å²) in [4.78, 5) is 15.4. The normalized spacial score (nSPS) is 13.8. The van der Waals surface area contributed by atoms with Gasteiger partial charge in [-0.2, -0.15) is 13.2 Å². The van der Waals surface area contributed by atoms with Crippen molar-refractivity contribution in [1.82, 2.24) is 4.90 Å². The van der Waals surface area contributed by atoms with Crippen molar-refractivity contribution in [1.29, 1.82) is 0 Å². The quantitative estimate of drug-likeness (QED) is 0.256. The van der Waals surface area contributed by atoms with Crippen LogP contribution in [0.4, 0.5) is 13.2 Å². The van der Waals surface area contributed by atoms with Gasteiger partial charge in [0.05, 0.1) is 30.7 Å². The summed E-state index contributed by atoms with van der Waals surface area (Å²) in [6, 6.07) is 12.1. The number of benzene rings is 3.